The van der Waals surface area contributed by atoms with Crippen molar-refractivity contribution in [3.63, 3.8) is 0 Å². The molecule has 0 unspecified atom stereocenters. The van der Waals surface area contributed by atoms with Gasteiger partial charge in [0.1, 0.15) is 0 Å². The minimum Gasteiger partial charge on any atom is -0.354 e. The molecule has 1 fully saturated rings. The summed E-state index contributed by atoms with van der Waals surface area (Å²) in [4.78, 5) is 23.4. The number of halogens is 1. The predicted molar refractivity (Wildman–Crippen MR) is 96.1 cm³/mol. The molecule has 4 N–H and O–H groups in total. The van der Waals surface area contributed by atoms with Gasteiger partial charge >= 0.3 is 0 Å². The first-order chi connectivity index (χ1) is 11.1. The average Bonchev–Trinajstić information content (AvgIpc) is 2.52. The lowest BCUT2D eigenvalue weighted by Crippen LogP contribution is -2.49. The number of benzene rings is 1. The summed E-state index contributed by atoms with van der Waals surface area (Å²) >= 11 is 0. The minimum atomic E-state index is -3.75. The monoisotopic (exact) mass is 390 g/mol. The van der Waals surface area contributed by atoms with Crippen molar-refractivity contribution in [3.8, 4) is 0 Å². The SMILES string of the molecule is CC(C)(N)CNC(=O)c1ccc(S(=O)(=O)N2CCNC(=O)C2)cc1.Cl. The summed E-state index contributed by atoms with van der Waals surface area (Å²) in [6, 6.07) is 5.61. The van der Waals surface area contributed by atoms with E-state index in [-0.39, 0.29) is 48.8 Å². The van der Waals surface area contributed by atoms with Crippen molar-refractivity contribution < 1.29 is 18.0 Å². The average molecular weight is 391 g/mol. The second-order valence-electron chi connectivity index (χ2n) is 6.38. The molecule has 0 atom stereocenters. The normalized spacial score (nSPS) is 15.9. The van der Waals surface area contributed by atoms with Crippen LogP contribution >= 0.6 is 12.4 Å². The van der Waals surface area contributed by atoms with Gasteiger partial charge in [-0.25, -0.2) is 8.42 Å². The van der Waals surface area contributed by atoms with E-state index >= 15 is 0 Å². The number of amides is 2. The van der Waals surface area contributed by atoms with E-state index in [0.29, 0.717) is 12.1 Å². The number of nitrogens with one attached hydrogen (secondary N) is 2. The quantitative estimate of drug-likeness (QED) is 0.637. The Labute approximate surface area is 153 Å². The van der Waals surface area contributed by atoms with Crippen LogP contribution < -0.4 is 16.4 Å². The molecule has 0 radical (unpaired) electrons. The van der Waals surface area contributed by atoms with E-state index in [1.807, 2.05) is 0 Å². The summed E-state index contributed by atoms with van der Waals surface area (Å²) in [5.74, 6) is -0.653. The Morgan fingerprint density at radius 1 is 1.32 bits per heavy atom. The van der Waals surface area contributed by atoms with Crippen molar-refractivity contribution in [3.05, 3.63) is 29.8 Å². The molecule has 1 aliphatic rings. The predicted octanol–water partition coefficient (Wildman–Crippen LogP) is -0.304. The Balaban J connectivity index is 0.00000312. The first-order valence-corrected chi connectivity index (χ1v) is 8.98. The van der Waals surface area contributed by atoms with E-state index < -0.39 is 15.6 Å². The lowest BCUT2D eigenvalue weighted by atomic mass is 10.1. The fraction of sp³-hybridized carbons (Fsp3) is 0.467. The standard InChI is InChI=1S/C15H22N4O4S.ClH/c1-15(2,16)10-18-14(21)11-3-5-12(6-4-11)24(22,23)19-8-7-17-13(20)9-19;/h3-6H,7-10,16H2,1-2H3,(H,17,20)(H,18,21);1H. The maximum atomic E-state index is 12.5. The van der Waals surface area contributed by atoms with Gasteiger partial charge in [0.2, 0.25) is 15.9 Å². The molecule has 2 amide bonds. The van der Waals surface area contributed by atoms with E-state index in [2.05, 4.69) is 10.6 Å². The van der Waals surface area contributed by atoms with Crippen LogP contribution in [-0.4, -0.2) is 56.3 Å². The van der Waals surface area contributed by atoms with Gasteiger partial charge in [-0.1, -0.05) is 0 Å². The van der Waals surface area contributed by atoms with E-state index in [1.54, 1.807) is 13.8 Å². The lowest BCUT2D eigenvalue weighted by Gasteiger charge is -2.25. The topological polar surface area (TPSA) is 122 Å². The van der Waals surface area contributed by atoms with Crippen LogP contribution in [0.5, 0.6) is 0 Å². The molecule has 140 valence electrons. The number of nitrogens with zero attached hydrogens (tertiary/aromatic N) is 1. The Kier molecular flexibility index (Phi) is 6.95. The number of piperazine rings is 1. The third-order valence-electron chi connectivity index (χ3n) is 3.46. The lowest BCUT2D eigenvalue weighted by molar-refractivity contribution is -0.122. The van der Waals surface area contributed by atoms with Crippen LogP contribution in [0.4, 0.5) is 0 Å². The Bertz CT molecular complexity index is 729. The number of nitrogens with two attached hydrogens (primary N) is 1. The molecule has 1 heterocycles. The molecule has 1 aliphatic heterocycles. The summed E-state index contributed by atoms with van der Waals surface area (Å²) in [5.41, 5.74) is 5.61. The smallest absolute Gasteiger partial charge is 0.251 e. The third-order valence-corrected chi connectivity index (χ3v) is 5.32. The molecule has 1 saturated heterocycles. The molecule has 25 heavy (non-hydrogen) atoms. The highest BCUT2D eigenvalue weighted by Crippen LogP contribution is 2.17. The van der Waals surface area contributed by atoms with Crippen molar-refractivity contribution in [2.24, 2.45) is 5.73 Å². The van der Waals surface area contributed by atoms with Crippen molar-refractivity contribution in [1.29, 1.82) is 0 Å². The van der Waals surface area contributed by atoms with E-state index in [1.165, 1.54) is 24.3 Å². The molecule has 10 heteroatoms. The van der Waals surface area contributed by atoms with Crippen LogP contribution in [0.15, 0.2) is 29.2 Å². The van der Waals surface area contributed by atoms with Gasteiger partial charge in [-0.3, -0.25) is 9.59 Å². The Hall–Kier alpha value is -1.68. The maximum Gasteiger partial charge on any atom is 0.251 e. The zero-order valence-corrected chi connectivity index (χ0v) is 15.7. The van der Waals surface area contributed by atoms with E-state index in [4.69, 9.17) is 5.73 Å². The Morgan fingerprint density at radius 2 is 1.92 bits per heavy atom. The second kappa shape index (κ2) is 8.13. The first kappa shape index (κ1) is 21.4. The number of sulfonamides is 1. The van der Waals surface area contributed by atoms with Crippen molar-refractivity contribution in [2.45, 2.75) is 24.3 Å². The van der Waals surface area contributed by atoms with Crippen LogP contribution in [-0.2, 0) is 14.8 Å². The summed E-state index contributed by atoms with van der Waals surface area (Å²) < 4.78 is 26.1. The van der Waals surface area contributed by atoms with Crippen LogP contribution in [0, 0.1) is 0 Å². The first-order valence-electron chi connectivity index (χ1n) is 7.53. The molecule has 0 aromatic heterocycles. The molecule has 0 aliphatic carbocycles. The molecule has 1 aromatic rings. The largest absolute Gasteiger partial charge is 0.354 e. The van der Waals surface area contributed by atoms with Gasteiger partial charge in [0.05, 0.1) is 11.4 Å². The van der Waals surface area contributed by atoms with Crippen LogP contribution in [0.1, 0.15) is 24.2 Å². The van der Waals surface area contributed by atoms with Crippen LogP contribution in [0.3, 0.4) is 0 Å². The van der Waals surface area contributed by atoms with Gasteiger partial charge < -0.3 is 16.4 Å². The molecule has 1 aromatic carbocycles. The van der Waals surface area contributed by atoms with Crippen LogP contribution in [0.2, 0.25) is 0 Å². The van der Waals surface area contributed by atoms with E-state index in [0.717, 1.165) is 4.31 Å². The van der Waals surface area contributed by atoms with Gasteiger partial charge in [-0.15, -0.1) is 12.4 Å². The Morgan fingerprint density at radius 3 is 2.44 bits per heavy atom. The number of hydrogen-bond donors (Lipinski definition) is 3. The zero-order valence-electron chi connectivity index (χ0n) is 14.1. The fourth-order valence-corrected chi connectivity index (χ4v) is 3.55. The van der Waals surface area contributed by atoms with Gasteiger partial charge in [-0.05, 0) is 38.1 Å². The summed E-state index contributed by atoms with van der Waals surface area (Å²) in [6.45, 7) is 4.19. The summed E-state index contributed by atoms with van der Waals surface area (Å²) in [7, 11) is -3.75. The zero-order chi connectivity index (χ0) is 18.0. The van der Waals surface area contributed by atoms with Crippen molar-refractivity contribution >= 4 is 34.2 Å². The fourth-order valence-electron chi connectivity index (χ4n) is 2.16. The molecule has 8 nitrogen and oxygen atoms in total. The molecule has 2 rings (SSSR count). The minimum absolute atomic E-state index is 0. The number of carbonyl (C=O) groups is 2. The summed E-state index contributed by atoms with van der Waals surface area (Å²) in [6.07, 6.45) is 0. The van der Waals surface area contributed by atoms with E-state index in [9.17, 15) is 18.0 Å². The highest BCUT2D eigenvalue weighted by Gasteiger charge is 2.29. The van der Waals surface area contributed by atoms with Gasteiger partial charge in [0.25, 0.3) is 5.91 Å². The molecule has 0 bridgehead atoms. The summed E-state index contributed by atoms with van der Waals surface area (Å²) in [5, 5.41) is 5.27. The maximum absolute atomic E-state index is 12.5. The molecular weight excluding hydrogens is 368 g/mol. The number of rotatable bonds is 5. The van der Waals surface area contributed by atoms with Gasteiger partial charge in [0, 0.05) is 30.7 Å². The van der Waals surface area contributed by atoms with Gasteiger partial charge in [-0.2, -0.15) is 4.31 Å². The highest BCUT2D eigenvalue weighted by atomic mass is 35.5. The second-order valence-corrected chi connectivity index (χ2v) is 8.32. The van der Waals surface area contributed by atoms with Crippen molar-refractivity contribution in [1.82, 2.24) is 14.9 Å². The third kappa shape index (κ3) is 5.67. The number of hydrogen-bond acceptors (Lipinski definition) is 5. The van der Waals surface area contributed by atoms with Crippen molar-refractivity contribution in [2.75, 3.05) is 26.2 Å². The number of carbonyl (C=O) groups excluding carboxylic acids is 2. The molecule has 0 spiro atoms. The molecular formula is C15H23ClN4O4S. The van der Waals surface area contributed by atoms with Gasteiger partial charge in [0.15, 0.2) is 0 Å². The molecule has 0 saturated carbocycles. The highest BCUT2D eigenvalue weighted by molar-refractivity contribution is 7.89. The van der Waals surface area contributed by atoms with Crippen LogP contribution in [0.25, 0.3) is 0 Å².